The summed E-state index contributed by atoms with van der Waals surface area (Å²) < 4.78 is 20.6. The maximum atomic E-state index is 12.2. The number of fused-ring (bicyclic) bond motifs is 1. The van der Waals surface area contributed by atoms with Gasteiger partial charge in [-0.05, 0) is 31.2 Å². The van der Waals surface area contributed by atoms with Crippen molar-refractivity contribution in [1.82, 2.24) is 5.32 Å². The minimum atomic E-state index is -1.06. The highest BCUT2D eigenvalue weighted by Gasteiger charge is 2.20. The van der Waals surface area contributed by atoms with E-state index in [4.69, 9.17) is 18.9 Å². The van der Waals surface area contributed by atoms with Crippen LogP contribution in [0.4, 0.5) is 5.69 Å². The van der Waals surface area contributed by atoms with E-state index in [1.807, 2.05) is 0 Å². The van der Waals surface area contributed by atoms with Crippen LogP contribution in [0.3, 0.4) is 0 Å². The molecule has 0 fully saturated rings. The highest BCUT2D eigenvalue weighted by atomic mass is 16.7. The first-order chi connectivity index (χ1) is 14.0. The van der Waals surface area contributed by atoms with Crippen LogP contribution in [0.15, 0.2) is 42.5 Å². The van der Waals surface area contributed by atoms with Gasteiger partial charge in [-0.1, -0.05) is 12.1 Å². The second-order valence-electron chi connectivity index (χ2n) is 6.07. The molecule has 9 nitrogen and oxygen atoms in total. The van der Waals surface area contributed by atoms with Crippen LogP contribution in [0.25, 0.3) is 0 Å². The Balaban J connectivity index is 1.48. The number of hydrogen-bond acceptors (Lipinski definition) is 7. The lowest BCUT2D eigenvalue weighted by molar-refractivity contribution is -0.152. The van der Waals surface area contributed by atoms with Crippen molar-refractivity contribution < 1.29 is 33.3 Å². The zero-order valence-corrected chi connectivity index (χ0v) is 15.9. The zero-order chi connectivity index (χ0) is 20.8. The molecule has 0 saturated heterocycles. The Bertz CT molecular complexity index is 929. The maximum absolute atomic E-state index is 12.2. The summed E-state index contributed by atoms with van der Waals surface area (Å²) in [5.41, 5.74) is 0.767. The lowest BCUT2D eigenvalue weighted by Gasteiger charge is -2.14. The fourth-order valence-electron chi connectivity index (χ4n) is 2.59. The molecule has 0 radical (unpaired) electrons. The highest BCUT2D eigenvalue weighted by molar-refractivity contribution is 5.99. The van der Waals surface area contributed by atoms with Crippen LogP contribution >= 0.6 is 0 Å². The van der Waals surface area contributed by atoms with E-state index in [2.05, 4.69) is 10.6 Å². The quantitative estimate of drug-likeness (QED) is 0.681. The van der Waals surface area contributed by atoms with E-state index in [-0.39, 0.29) is 12.4 Å². The first-order valence-corrected chi connectivity index (χ1v) is 8.79. The average molecular weight is 400 g/mol. The van der Waals surface area contributed by atoms with Crippen LogP contribution in [-0.4, -0.2) is 44.3 Å². The van der Waals surface area contributed by atoms with E-state index in [1.165, 1.54) is 14.0 Å². The van der Waals surface area contributed by atoms with E-state index in [9.17, 15) is 14.4 Å². The topological polar surface area (TPSA) is 112 Å². The number of nitrogens with one attached hydrogen (secondary N) is 2. The summed E-state index contributed by atoms with van der Waals surface area (Å²) in [5, 5.41) is 5.07. The maximum Gasteiger partial charge on any atom is 0.326 e. The molecule has 29 heavy (non-hydrogen) atoms. The van der Waals surface area contributed by atoms with Gasteiger partial charge in [0.2, 0.25) is 6.79 Å². The van der Waals surface area contributed by atoms with E-state index < -0.39 is 30.4 Å². The number of esters is 1. The number of hydrogen-bond donors (Lipinski definition) is 2. The van der Waals surface area contributed by atoms with Crippen LogP contribution in [0, 0.1) is 0 Å². The molecule has 2 aromatic rings. The van der Waals surface area contributed by atoms with Crippen LogP contribution in [0.5, 0.6) is 17.2 Å². The molecule has 9 heteroatoms. The standard InChI is InChI=1S/C20H20N2O7/c1-12(19(24)22-13-7-8-16-17(9-13)28-11-27-16)29-18(23)10-21-20(25)14-5-3-4-6-15(14)26-2/h3-9,12H,10-11H2,1-2H3,(H,21,25)(H,22,24)/t12-/m1/s1. The molecular formula is C20H20N2O7. The van der Waals surface area contributed by atoms with Crippen molar-refractivity contribution in [3.8, 4) is 17.2 Å². The summed E-state index contributed by atoms with van der Waals surface area (Å²) in [6.07, 6.45) is -1.06. The van der Waals surface area contributed by atoms with E-state index in [1.54, 1.807) is 42.5 Å². The van der Waals surface area contributed by atoms with Crippen molar-refractivity contribution in [2.45, 2.75) is 13.0 Å². The third-order valence-electron chi connectivity index (χ3n) is 4.06. The van der Waals surface area contributed by atoms with Crippen LogP contribution < -0.4 is 24.8 Å². The number of para-hydroxylation sites is 1. The monoisotopic (exact) mass is 400 g/mol. The molecule has 0 saturated carbocycles. The molecule has 0 bridgehead atoms. The Morgan fingerprint density at radius 1 is 1.10 bits per heavy atom. The molecule has 1 aliphatic rings. The molecule has 1 atom stereocenters. The second-order valence-corrected chi connectivity index (χ2v) is 6.07. The van der Waals surface area contributed by atoms with Crippen LogP contribution in [0.1, 0.15) is 17.3 Å². The second kappa shape index (κ2) is 8.96. The van der Waals surface area contributed by atoms with Crippen LogP contribution in [0.2, 0.25) is 0 Å². The first kappa shape index (κ1) is 20.0. The Labute approximate surface area is 166 Å². The minimum absolute atomic E-state index is 0.126. The minimum Gasteiger partial charge on any atom is -0.496 e. The third kappa shape index (κ3) is 4.95. The predicted molar refractivity (Wildman–Crippen MR) is 102 cm³/mol. The Kier molecular flexibility index (Phi) is 6.18. The molecule has 0 spiro atoms. The molecule has 3 rings (SSSR count). The molecule has 0 aromatic heterocycles. The van der Waals surface area contributed by atoms with Gasteiger partial charge < -0.3 is 29.6 Å². The number of benzene rings is 2. The summed E-state index contributed by atoms with van der Waals surface area (Å²) in [5.74, 6) is -0.263. The lowest BCUT2D eigenvalue weighted by atomic mass is 10.2. The Morgan fingerprint density at radius 3 is 2.66 bits per heavy atom. The summed E-state index contributed by atoms with van der Waals surface area (Å²) in [4.78, 5) is 36.4. The zero-order valence-electron chi connectivity index (χ0n) is 15.9. The van der Waals surface area contributed by atoms with E-state index in [0.717, 1.165) is 0 Å². The molecule has 2 N–H and O–H groups in total. The number of methoxy groups -OCH3 is 1. The van der Waals surface area contributed by atoms with Crippen molar-refractivity contribution in [3.63, 3.8) is 0 Å². The van der Waals surface area contributed by atoms with Gasteiger partial charge in [0.15, 0.2) is 17.6 Å². The van der Waals surface area contributed by atoms with Gasteiger partial charge in [0, 0.05) is 11.8 Å². The van der Waals surface area contributed by atoms with Crippen molar-refractivity contribution >= 4 is 23.5 Å². The predicted octanol–water partition coefficient (Wildman–Crippen LogP) is 1.72. The highest BCUT2D eigenvalue weighted by Crippen LogP contribution is 2.34. The summed E-state index contributed by atoms with van der Waals surface area (Å²) >= 11 is 0. The van der Waals surface area contributed by atoms with Gasteiger partial charge in [0.25, 0.3) is 11.8 Å². The fourth-order valence-corrected chi connectivity index (χ4v) is 2.59. The third-order valence-corrected chi connectivity index (χ3v) is 4.06. The Hall–Kier alpha value is -3.75. The van der Waals surface area contributed by atoms with Crippen molar-refractivity contribution in [2.75, 3.05) is 25.8 Å². The molecule has 1 aliphatic heterocycles. The normalized spacial score (nSPS) is 12.6. The molecule has 2 amide bonds. The number of amides is 2. The molecule has 0 unspecified atom stereocenters. The van der Waals surface area contributed by atoms with Gasteiger partial charge in [0.05, 0.1) is 12.7 Å². The van der Waals surface area contributed by atoms with Gasteiger partial charge in [0.1, 0.15) is 12.3 Å². The van der Waals surface area contributed by atoms with E-state index in [0.29, 0.717) is 22.9 Å². The van der Waals surface area contributed by atoms with Crippen molar-refractivity contribution in [2.24, 2.45) is 0 Å². The van der Waals surface area contributed by atoms with Gasteiger partial charge >= 0.3 is 5.97 Å². The number of anilines is 1. The van der Waals surface area contributed by atoms with Gasteiger partial charge in [-0.15, -0.1) is 0 Å². The summed E-state index contributed by atoms with van der Waals surface area (Å²) in [6, 6.07) is 11.5. The van der Waals surface area contributed by atoms with Gasteiger partial charge in [-0.2, -0.15) is 0 Å². The van der Waals surface area contributed by atoms with Gasteiger partial charge in [-0.25, -0.2) is 0 Å². The average Bonchev–Trinajstić information content (AvgIpc) is 3.19. The van der Waals surface area contributed by atoms with Gasteiger partial charge in [-0.3, -0.25) is 14.4 Å². The van der Waals surface area contributed by atoms with Crippen molar-refractivity contribution in [1.29, 1.82) is 0 Å². The smallest absolute Gasteiger partial charge is 0.326 e. The van der Waals surface area contributed by atoms with E-state index >= 15 is 0 Å². The molecule has 152 valence electrons. The SMILES string of the molecule is COc1ccccc1C(=O)NCC(=O)O[C@H](C)C(=O)Nc1ccc2c(c1)OCO2. The number of carbonyl (C=O) groups is 3. The molecule has 0 aliphatic carbocycles. The Morgan fingerprint density at radius 2 is 1.86 bits per heavy atom. The molecular weight excluding hydrogens is 380 g/mol. The largest absolute Gasteiger partial charge is 0.496 e. The molecule has 2 aromatic carbocycles. The summed E-state index contributed by atoms with van der Waals surface area (Å²) in [7, 11) is 1.45. The van der Waals surface area contributed by atoms with Crippen LogP contribution in [-0.2, 0) is 14.3 Å². The number of ether oxygens (including phenoxy) is 4. The fraction of sp³-hybridized carbons (Fsp3) is 0.250. The molecule has 1 heterocycles. The lowest BCUT2D eigenvalue weighted by Crippen LogP contribution is -2.35. The summed E-state index contributed by atoms with van der Waals surface area (Å²) in [6.45, 7) is 1.17. The number of rotatable bonds is 7. The number of carbonyl (C=O) groups excluding carboxylic acids is 3. The van der Waals surface area contributed by atoms with Crippen molar-refractivity contribution in [3.05, 3.63) is 48.0 Å². The first-order valence-electron chi connectivity index (χ1n) is 8.79.